The molecule has 1 amide bonds. The second kappa shape index (κ2) is 8.44. The quantitative estimate of drug-likeness (QED) is 0.629. The standard InChI is InChI=1S/C26H26N4O4/c1-16-11-17(2)28-25(27-16)29-19-6-4-5-18(12-19)24(32)30-10-9-26(15-30)14-22(31)21-13-20(33-3)7-8-23(21)34-26/h4-8,11-13H,9-10,14-15H2,1-3H3,(H,27,28,29). The molecule has 174 valence electrons. The summed E-state index contributed by atoms with van der Waals surface area (Å²) in [5.41, 5.74) is 2.85. The number of hydrogen-bond acceptors (Lipinski definition) is 7. The van der Waals surface area contributed by atoms with Gasteiger partial charge >= 0.3 is 0 Å². The number of benzene rings is 2. The van der Waals surface area contributed by atoms with Crippen molar-refractivity contribution in [1.82, 2.24) is 14.9 Å². The van der Waals surface area contributed by atoms with E-state index in [0.29, 0.717) is 48.1 Å². The van der Waals surface area contributed by atoms with E-state index in [-0.39, 0.29) is 18.1 Å². The molecule has 1 unspecified atom stereocenters. The molecular weight excluding hydrogens is 432 g/mol. The number of fused-ring (bicyclic) bond motifs is 1. The van der Waals surface area contributed by atoms with Crippen molar-refractivity contribution >= 4 is 23.3 Å². The number of likely N-dealkylation sites (tertiary alicyclic amines) is 1. The van der Waals surface area contributed by atoms with E-state index in [9.17, 15) is 9.59 Å². The van der Waals surface area contributed by atoms with Gasteiger partial charge in [-0.05, 0) is 56.3 Å². The van der Waals surface area contributed by atoms with Gasteiger partial charge in [0.2, 0.25) is 5.95 Å². The Kier molecular flexibility index (Phi) is 5.43. The number of anilines is 2. The molecule has 0 aliphatic carbocycles. The number of amides is 1. The van der Waals surface area contributed by atoms with Crippen LogP contribution in [0.1, 0.15) is 44.9 Å². The average Bonchev–Trinajstić information content (AvgIpc) is 3.20. The van der Waals surface area contributed by atoms with Gasteiger partial charge in [0.1, 0.15) is 17.1 Å². The second-order valence-electron chi connectivity index (χ2n) is 8.90. The van der Waals surface area contributed by atoms with Crippen molar-refractivity contribution in [2.45, 2.75) is 32.3 Å². The molecule has 2 aliphatic heterocycles. The third kappa shape index (κ3) is 4.19. The molecule has 3 aromatic rings. The van der Waals surface area contributed by atoms with Gasteiger partial charge < -0.3 is 19.7 Å². The summed E-state index contributed by atoms with van der Waals surface area (Å²) in [6.45, 7) is 4.71. The molecule has 0 saturated carbocycles. The Labute approximate surface area is 197 Å². The summed E-state index contributed by atoms with van der Waals surface area (Å²) in [7, 11) is 1.57. The highest BCUT2D eigenvalue weighted by Gasteiger charge is 2.47. The third-order valence-electron chi connectivity index (χ3n) is 6.25. The Morgan fingerprint density at radius 2 is 1.91 bits per heavy atom. The van der Waals surface area contributed by atoms with Crippen LogP contribution >= 0.6 is 0 Å². The molecule has 8 heteroatoms. The highest BCUT2D eigenvalue weighted by Crippen LogP contribution is 2.40. The lowest BCUT2D eigenvalue weighted by atomic mass is 9.89. The molecule has 0 radical (unpaired) electrons. The molecule has 8 nitrogen and oxygen atoms in total. The molecule has 1 fully saturated rings. The molecule has 2 aliphatic rings. The van der Waals surface area contributed by atoms with Crippen LogP contribution in [0, 0.1) is 13.8 Å². The van der Waals surface area contributed by atoms with Crippen molar-refractivity contribution in [2.75, 3.05) is 25.5 Å². The molecule has 3 heterocycles. The molecule has 1 saturated heterocycles. The van der Waals surface area contributed by atoms with Crippen molar-refractivity contribution < 1.29 is 19.1 Å². The third-order valence-corrected chi connectivity index (χ3v) is 6.25. The molecule has 0 bridgehead atoms. The maximum Gasteiger partial charge on any atom is 0.254 e. The summed E-state index contributed by atoms with van der Waals surface area (Å²) >= 11 is 0. The zero-order valence-electron chi connectivity index (χ0n) is 19.4. The van der Waals surface area contributed by atoms with E-state index in [1.807, 2.05) is 32.0 Å². The molecule has 1 aromatic heterocycles. The summed E-state index contributed by atoms with van der Waals surface area (Å²) in [5, 5.41) is 3.18. The van der Waals surface area contributed by atoms with Gasteiger partial charge in [0.15, 0.2) is 5.78 Å². The average molecular weight is 459 g/mol. The number of ketones is 1. The van der Waals surface area contributed by atoms with Gasteiger partial charge in [-0.15, -0.1) is 0 Å². The highest BCUT2D eigenvalue weighted by molar-refractivity contribution is 6.01. The van der Waals surface area contributed by atoms with Crippen LogP contribution in [-0.4, -0.2) is 52.4 Å². The molecule has 1 atom stereocenters. The zero-order valence-corrected chi connectivity index (χ0v) is 19.4. The predicted molar refractivity (Wildman–Crippen MR) is 127 cm³/mol. The second-order valence-corrected chi connectivity index (χ2v) is 8.90. The van der Waals surface area contributed by atoms with Crippen molar-refractivity contribution in [3.63, 3.8) is 0 Å². The molecule has 1 N–H and O–H groups in total. The first-order valence-electron chi connectivity index (χ1n) is 11.2. The summed E-state index contributed by atoms with van der Waals surface area (Å²) in [6.07, 6.45) is 0.840. The molecule has 2 aromatic carbocycles. The van der Waals surface area contributed by atoms with Crippen molar-refractivity contribution in [2.24, 2.45) is 0 Å². The minimum Gasteiger partial charge on any atom is -0.497 e. The van der Waals surface area contributed by atoms with E-state index >= 15 is 0 Å². The van der Waals surface area contributed by atoms with Crippen molar-refractivity contribution in [3.05, 3.63) is 71.0 Å². The fourth-order valence-electron chi connectivity index (χ4n) is 4.67. The lowest BCUT2D eigenvalue weighted by Crippen LogP contribution is -2.45. The SMILES string of the molecule is COc1ccc2c(c1)C(=O)CC1(CCN(C(=O)c3cccc(Nc4nc(C)cc(C)n4)c3)C1)O2. The number of carbonyl (C=O) groups excluding carboxylic acids is 2. The largest absolute Gasteiger partial charge is 0.497 e. The number of nitrogens with zero attached hydrogens (tertiary/aromatic N) is 3. The van der Waals surface area contributed by atoms with Crippen LogP contribution in [0.3, 0.4) is 0 Å². The van der Waals surface area contributed by atoms with Crippen molar-refractivity contribution in [3.8, 4) is 11.5 Å². The van der Waals surface area contributed by atoms with Gasteiger partial charge in [-0.25, -0.2) is 9.97 Å². The first-order valence-corrected chi connectivity index (χ1v) is 11.2. The van der Waals surface area contributed by atoms with Crippen LogP contribution in [0.2, 0.25) is 0 Å². The van der Waals surface area contributed by atoms with E-state index in [1.165, 1.54) is 0 Å². The highest BCUT2D eigenvalue weighted by atomic mass is 16.5. The zero-order chi connectivity index (χ0) is 23.9. The van der Waals surface area contributed by atoms with Crippen LogP contribution in [0.15, 0.2) is 48.5 Å². The minimum atomic E-state index is -0.697. The summed E-state index contributed by atoms with van der Waals surface area (Å²) in [6, 6.07) is 14.4. The maximum atomic E-state index is 13.3. The predicted octanol–water partition coefficient (Wildman–Crippen LogP) is 4.10. The molecule has 34 heavy (non-hydrogen) atoms. The normalized spacial score (nSPS) is 19.0. The fraction of sp³-hybridized carbons (Fsp3) is 0.308. The molecular formula is C26H26N4O4. The lowest BCUT2D eigenvalue weighted by Gasteiger charge is -2.34. The number of carbonyl (C=O) groups is 2. The minimum absolute atomic E-state index is 0.00842. The maximum absolute atomic E-state index is 13.3. The number of rotatable bonds is 4. The Hall–Kier alpha value is -3.94. The molecule has 1 spiro atoms. The smallest absolute Gasteiger partial charge is 0.254 e. The number of hydrogen-bond donors (Lipinski definition) is 1. The fourth-order valence-corrected chi connectivity index (χ4v) is 4.67. The van der Waals surface area contributed by atoms with E-state index in [1.54, 1.807) is 42.3 Å². The number of methoxy groups -OCH3 is 1. The van der Waals surface area contributed by atoms with Crippen LogP contribution in [0.5, 0.6) is 11.5 Å². The van der Waals surface area contributed by atoms with E-state index in [2.05, 4.69) is 15.3 Å². The molecule has 5 rings (SSSR count). The van der Waals surface area contributed by atoms with Crippen LogP contribution in [-0.2, 0) is 0 Å². The van der Waals surface area contributed by atoms with E-state index in [4.69, 9.17) is 9.47 Å². The van der Waals surface area contributed by atoms with Crippen molar-refractivity contribution in [1.29, 1.82) is 0 Å². The van der Waals surface area contributed by atoms with Gasteiger partial charge in [0, 0.05) is 35.6 Å². The Bertz CT molecular complexity index is 1270. The Balaban J connectivity index is 1.32. The number of Topliss-reactive ketones (excluding diaryl/α,β-unsaturated/α-hetero) is 1. The topological polar surface area (TPSA) is 93.7 Å². The Morgan fingerprint density at radius 1 is 1.12 bits per heavy atom. The number of nitrogens with one attached hydrogen (secondary N) is 1. The first-order chi connectivity index (χ1) is 16.3. The van der Waals surface area contributed by atoms with E-state index in [0.717, 1.165) is 17.1 Å². The monoisotopic (exact) mass is 458 g/mol. The Morgan fingerprint density at radius 3 is 2.68 bits per heavy atom. The lowest BCUT2D eigenvalue weighted by molar-refractivity contribution is 0.0427. The van der Waals surface area contributed by atoms with Gasteiger partial charge in [0.05, 0.1) is 25.6 Å². The number of aromatic nitrogens is 2. The van der Waals surface area contributed by atoms with Gasteiger partial charge in [-0.1, -0.05) is 6.07 Å². The van der Waals surface area contributed by atoms with Gasteiger partial charge in [-0.2, -0.15) is 0 Å². The van der Waals surface area contributed by atoms with Gasteiger partial charge in [-0.3, -0.25) is 9.59 Å². The first kappa shape index (κ1) is 21.9. The van der Waals surface area contributed by atoms with Crippen LogP contribution < -0.4 is 14.8 Å². The van der Waals surface area contributed by atoms with E-state index < -0.39 is 5.60 Å². The number of ether oxygens (including phenoxy) is 2. The van der Waals surface area contributed by atoms with Crippen LogP contribution in [0.4, 0.5) is 11.6 Å². The van der Waals surface area contributed by atoms with Crippen LogP contribution in [0.25, 0.3) is 0 Å². The van der Waals surface area contributed by atoms with Gasteiger partial charge in [0.25, 0.3) is 5.91 Å². The number of aryl methyl sites for hydroxylation is 2. The summed E-state index contributed by atoms with van der Waals surface area (Å²) in [5.74, 6) is 1.57. The summed E-state index contributed by atoms with van der Waals surface area (Å²) < 4.78 is 11.5. The summed E-state index contributed by atoms with van der Waals surface area (Å²) in [4.78, 5) is 36.7.